The van der Waals surface area contributed by atoms with Crippen LogP contribution < -0.4 is 0 Å². The van der Waals surface area contributed by atoms with Gasteiger partial charge in [0, 0.05) is 17.7 Å². The Balaban J connectivity index is 1.66. The molecule has 23 heavy (non-hydrogen) atoms. The fourth-order valence-corrected chi connectivity index (χ4v) is 4.09. The number of carbonyl (C=O) groups excluding carboxylic acids is 1. The highest BCUT2D eigenvalue weighted by Gasteiger charge is 2.33. The van der Waals surface area contributed by atoms with Crippen LogP contribution in [-0.2, 0) is 0 Å². The van der Waals surface area contributed by atoms with Crippen molar-refractivity contribution in [3.63, 3.8) is 0 Å². The summed E-state index contributed by atoms with van der Waals surface area (Å²) in [5, 5.41) is 0.733. The molecule has 116 valence electrons. The van der Waals surface area contributed by atoms with Crippen molar-refractivity contribution in [3.05, 3.63) is 71.7 Å². The Morgan fingerprint density at radius 2 is 2.04 bits per heavy atom. The molecule has 0 bridgehead atoms. The molecule has 0 radical (unpaired) electrons. The van der Waals surface area contributed by atoms with Crippen LogP contribution in [0.1, 0.15) is 21.5 Å². The summed E-state index contributed by atoms with van der Waals surface area (Å²) in [6.45, 7) is 0.627. The lowest BCUT2D eigenvalue weighted by Crippen LogP contribution is -2.30. The van der Waals surface area contributed by atoms with Crippen molar-refractivity contribution < 1.29 is 13.6 Å². The number of furan rings is 1. The quantitative estimate of drug-likeness (QED) is 0.697. The van der Waals surface area contributed by atoms with Gasteiger partial charge in [0.05, 0.1) is 0 Å². The number of fused-ring (bicyclic) bond motifs is 1. The molecular weight excluding hydrogens is 313 g/mol. The SMILES string of the molecule is O=C(c1cc2ccccc2o1)N1CCS[C@H]1c1cccc(F)c1. The van der Waals surface area contributed by atoms with Crippen LogP contribution in [-0.4, -0.2) is 23.1 Å². The van der Waals surface area contributed by atoms with Gasteiger partial charge in [0.1, 0.15) is 16.8 Å². The minimum atomic E-state index is -0.286. The summed E-state index contributed by atoms with van der Waals surface area (Å²) in [5.41, 5.74) is 1.50. The number of hydrogen-bond donors (Lipinski definition) is 0. The van der Waals surface area contributed by atoms with Gasteiger partial charge in [-0.1, -0.05) is 30.3 Å². The Morgan fingerprint density at radius 1 is 1.17 bits per heavy atom. The second-order valence-electron chi connectivity index (χ2n) is 5.43. The first kappa shape index (κ1) is 14.3. The van der Waals surface area contributed by atoms with Crippen LogP contribution in [0, 0.1) is 5.82 Å². The highest BCUT2D eigenvalue weighted by molar-refractivity contribution is 7.99. The largest absolute Gasteiger partial charge is 0.451 e. The fourth-order valence-electron chi connectivity index (χ4n) is 2.84. The first-order chi connectivity index (χ1) is 11.2. The Hall–Kier alpha value is -2.27. The van der Waals surface area contributed by atoms with Crippen molar-refractivity contribution in [2.75, 3.05) is 12.3 Å². The Kier molecular flexibility index (Phi) is 3.58. The topological polar surface area (TPSA) is 33.5 Å². The van der Waals surface area contributed by atoms with E-state index in [1.54, 1.807) is 28.8 Å². The molecule has 1 aliphatic rings. The summed E-state index contributed by atoms with van der Waals surface area (Å²) in [6.07, 6.45) is 0. The third-order valence-corrected chi connectivity index (χ3v) is 5.18. The van der Waals surface area contributed by atoms with Crippen molar-refractivity contribution in [1.29, 1.82) is 0 Å². The van der Waals surface area contributed by atoms with Gasteiger partial charge < -0.3 is 9.32 Å². The average molecular weight is 327 g/mol. The van der Waals surface area contributed by atoms with Crippen molar-refractivity contribution in [2.24, 2.45) is 0 Å². The first-order valence-electron chi connectivity index (χ1n) is 7.39. The molecule has 2 heterocycles. The summed E-state index contributed by atoms with van der Waals surface area (Å²) < 4.78 is 19.2. The van der Waals surface area contributed by atoms with Crippen LogP contribution in [0.4, 0.5) is 4.39 Å². The molecule has 0 spiro atoms. The van der Waals surface area contributed by atoms with E-state index in [1.165, 1.54) is 12.1 Å². The summed E-state index contributed by atoms with van der Waals surface area (Å²) in [5.74, 6) is 0.717. The standard InChI is InChI=1S/C18H14FNO2S/c19-14-6-3-5-13(10-14)18-20(8-9-23-18)17(21)16-11-12-4-1-2-7-15(12)22-16/h1-7,10-11,18H,8-9H2/t18-/m0/s1. The number of para-hydroxylation sites is 1. The third kappa shape index (κ3) is 2.61. The number of amides is 1. The molecule has 1 fully saturated rings. The zero-order valence-electron chi connectivity index (χ0n) is 12.2. The van der Waals surface area contributed by atoms with Gasteiger partial charge in [-0.05, 0) is 29.8 Å². The van der Waals surface area contributed by atoms with E-state index in [9.17, 15) is 9.18 Å². The summed E-state index contributed by atoms with van der Waals surface area (Å²) >= 11 is 1.64. The lowest BCUT2D eigenvalue weighted by atomic mass is 10.2. The molecule has 1 aromatic heterocycles. The van der Waals surface area contributed by atoms with E-state index in [-0.39, 0.29) is 17.1 Å². The fraction of sp³-hybridized carbons (Fsp3) is 0.167. The Bertz CT molecular complexity index is 843. The van der Waals surface area contributed by atoms with Gasteiger partial charge in [0.15, 0.2) is 5.76 Å². The minimum Gasteiger partial charge on any atom is -0.451 e. The molecule has 3 aromatic rings. The van der Waals surface area contributed by atoms with Gasteiger partial charge in [-0.25, -0.2) is 4.39 Å². The summed E-state index contributed by atoms with van der Waals surface area (Å²) in [7, 11) is 0. The van der Waals surface area contributed by atoms with Gasteiger partial charge >= 0.3 is 0 Å². The number of rotatable bonds is 2. The predicted octanol–water partition coefficient (Wildman–Crippen LogP) is 4.46. The monoisotopic (exact) mass is 327 g/mol. The lowest BCUT2D eigenvalue weighted by molar-refractivity contribution is 0.0730. The van der Waals surface area contributed by atoms with E-state index < -0.39 is 0 Å². The normalized spacial score (nSPS) is 17.8. The van der Waals surface area contributed by atoms with Crippen LogP contribution in [0.25, 0.3) is 11.0 Å². The van der Waals surface area contributed by atoms with Gasteiger partial charge in [-0.15, -0.1) is 11.8 Å². The number of thioether (sulfide) groups is 1. The third-order valence-electron chi connectivity index (χ3n) is 3.92. The second-order valence-corrected chi connectivity index (χ2v) is 6.61. The summed E-state index contributed by atoms with van der Waals surface area (Å²) in [6, 6.07) is 15.7. The molecule has 1 aliphatic heterocycles. The first-order valence-corrected chi connectivity index (χ1v) is 8.44. The van der Waals surface area contributed by atoms with E-state index >= 15 is 0 Å². The Labute approximate surface area is 137 Å². The van der Waals surface area contributed by atoms with E-state index in [0.717, 1.165) is 16.7 Å². The molecule has 1 amide bonds. The maximum absolute atomic E-state index is 13.5. The van der Waals surface area contributed by atoms with E-state index in [1.807, 2.05) is 30.3 Å². The van der Waals surface area contributed by atoms with Crippen molar-refractivity contribution >= 4 is 28.6 Å². The summed E-state index contributed by atoms with van der Waals surface area (Å²) in [4.78, 5) is 14.6. The van der Waals surface area contributed by atoms with Gasteiger partial charge in [-0.2, -0.15) is 0 Å². The number of benzene rings is 2. The molecule has 2 aromatic carbocycles. The van der Waals surface area contributed by atoms with Crippen LogP contribution in [0.15, 0.2) is 59.0 Å². The molecule has 5 heteroatoms. The van der Waals surface area contributed by atoms with Crippen LogP contribution in [0.2, 0.25) is 0 Å². The molecule has 0 unspecified atom stereocenters. The van der Waals surface area contributed by atoms with E-state index in [0.29, 0.717) is 17.9 Å². The molecule has 1 saturated heterocycles. The average Bonchev–Trinajstić information content (AvgIpc) is 3.21. The van der Waals surface area contributed by atoms with Crippen LogP contribution in [0.5, 0.6) is 0 Å². The number of nitrogens with zero attached hydrogens (tertiary/aromatic N) is 1. The van der Waals surface area contributed by atoms with Crippen LogP contribution >= 0.6 is 11.8 Å². The van der Waals surface area contributed by atoms with E-state index in [4.69, 9.17) is 4.42 Å². The highest BCUT2D eigenvalue weighted by atomic mass is 32.2. The number of hydrogen-bond acceptors (Lipinski definition) is 3. The second kappa shape index (κ2) is 5.74. The van der Waals surface area contributed by atoms with Crippen molar-refractivity contribution in [1.82, 2.24) is 4.90 Å². The predicted molar refractivity (Wildman–Crippen MR) is 88.8 cm³/mol. The molecule has 4 rings (SSSR count). The molecule has 0 aliphatic carbocycles. The maximum Gasteiger partial charge on any atom is 0.290 e. The molecule has 0 saturated carbocycles. The Morgan fingerprint density at radius 3 is 2.87 bits per heavy atom. The van der Waals surface area contributed by atoms with Crippen molar-refractivity contribution in [2.45, 2.75) is 5.37 Å². The van der Waals surface area contributed by atoms with Crippen LogP contribution in [0.3, 0.4) is 0 Å². The zero-order valence-corrected chi connectivity index (χ0v) is 13.1. The van der Waals surface area contributed by atoms with Gasteiger partial charge in [0.25, 0.3) is 5.91 Å². The molecular formula is C18H14FNO2S. The smallest absolute Gasteiger partial charge is 0.290 e. The zero-order chi connectivity index (χ0) is 15.8. The van der Waals surface area contributed by atoms with Gasteiger partial charge in [-0.3, -0.25) is 4.79 Å². The number of carbonyl (C=O) groups is 1. The van der Waals surface area contributed by atoms with Gasteiger partial charge in [0.2, 0.25) is 0 Å². The minimum absolute atomic E-state index is 0.152. The van der Waals surface area contributed by atoms with Crippen molar-refractivity contribution in [3.8, 4) is 0 Å². The molecule has 3 nitrogen and oxygen atoms in total. The number of halogens is 1. The van der Waals surface area contributed by atoms with E-state index in [2.05, 4.69) is 0 Å². The highest BCUT2D eigenvalue weighted by Crippen LogP contribution is 2.39. The maximum atomic E-state index is 13.5. The molecule has 0 N–H and O–H groups in total. The molecule has 1 atom stereocenters. The lowest BCUT2D eigenvalue weighted by Gasteiger charge is -2.23.